The number of halogens is 1. The number of hydrogen-bond acceptors (Lipinski definition) is 8. The van der Waals surface area contributed by atoms with Gasteiger partial charge in [0.25, 0.3) is 5.91 Å². The molecular formula is C45H55ClN4O8. The number of ether oxygens (including phenoxy) is 4. The number of benzene rings is 3. The van der Waals surface area contributed by atoms with Crippen molar-refractivity contribution in [2.45, 2.75) is 79.9 Å². The fourth-order valence-electron chi connectivity index (χ4n) is 7.20. The lowest BCUT2D eigenvalue weighted by Gasteiger charge is -2.20. The van der Waals surface area contributed by atoms with Crippen LogP contribution in [0.1, 0.15) is 92.9 Å². The molecule has 13 heteroatoms. The number of carboxylic acid groups (broad SMARTS) is 1. The summed E-state index contributed by atoms with van der Waals surface area (Å²) in [4.78, 5) is 37.6. The van der Waals surface area contributed by atoms with Gasteiger partial charge in [-0.15, -0.1) is 0 Å². The predicted octanol–water partition coefficient (Wildman–Crippen LogP) is 8.45. The largest absolute Gasteiger partial charge is 0.494 e. The van der Waals surface area contributed by atoms with Crippen LogP contribution in [0.5, 0.6) is 5.75 Å². The molecule has 310 valence electrons. The van der Waals surface area contributed by atoms with Crippen LogP contribution in [0.3, 0.4) is 0 Å². The second kappa shape index (κ2) is 19.5. The van der Waals surface area contributed by atoms with E-state index in [1.54, 1.807) is 12.1 Å². The average Bonchev–Trinajstić information content (AvgIpc) is 3.62. The van der Waals surface area contributed by atoms with Gasteiger partial charge in [-0.05, 0) is 109 Å². The molecule has 5 aromatic rings. The van der Waals surface area contributed by atoms with Crippen molar-refractivity contribution in [2.75, 3.05) is 39.6 Å². The maximum absolute atomic E-state index is 13.8. The predicted molar refractivity (Wildman–Crippen MR) is 226 cm³/mol. The van der Waals surface area contributed by atoms with Crippen molar-refractivity contribution < 1.29 is 38.4 Å². The summed E-state index contributed by atoms with van der Waals surface area (Å²) < 4.78 is 27.4. The first-order valence-corrected chi connectivity index (χ1v) is 20.0. The molecule has 0 unspecified atom stereocenters. The first-order chi connectivity index (χ1) is 27.6. The topological polar surface area (TPSA) is 143 Å². The van der Waals surface area contributed by atoms with Crippen LogP contribution in [0.15, 0.2) is 54.6 Å². The molecule has 0 spiro atoms. The number of nitrogens with one attached hydrogen (secondary N) is 1. The van der Waals surface area contributed by atoms with Crippen LogP contribution in [-0.4, -0.2) is 82.5 Å². The van der Waals surface area contributed by atoms with E-state index < -0.39 is 17.5 Å². The summed E-state index contributed by atoms with van der Waals surface area (Å²) in [6.07, 6.45) is 2.04. The minimum Gasteiger partial charge on any atom is -0.494 e. The lowest BCUT2D eigenvalue weighted by molar-refractivity contribution is 0.00577. The van der Waals surface area contributed by atoms with Gasteiger partial charge in [-0.25, -0.2) is 9.59 Å². The molecule has 2 N–H and O–H groups in total. The van der Waals surface area contributed by atoms with Gasteiger partial charge in [-0.1, -0.05) is 41.9 Å². The first-order valence-electron chi connectivity index (χ1n) is 19.6. The Balaban J connectivity index is 1.20. The maximum Gasteiger partial charge on any atom is 0.355 e. The number of esters is 1. The number of rotatable bonds is 19. The first kappa shape index (κ1) is 43.9. The quantitative estimate of drug-likeness (QED) is 0.0620. The van der Waals surface area contributed by atoms with Gasteiger partial charge >= 0.3 is 11.9 Å². The van der Waals surface area contributed by atoms with E-state index in [1.807, 2.05) is 76.0 Å². The molecule has 1 amide bonds. The van der Waals surface area contributed by atoms with E-state index in [1.165, 1.54) is 12.1 Å². The summed E-state index contributed by atoms with van der Waals surface area (Å²) in [5.41, 5.74) is 7.68. The lowest BCUT2D eigenvalue weighted by Crippen LogP contribution is -2.29. The van der Waals surface area contributed by atoms with Crippen LogP contribution in [0, 0.1) is 27.7 Å². The van der Waals surface area contributed by atoms with Gasteiger partial charge in [0, 0.05) is 54.0 Å². The molecular weight excluding hydrogens is 760 g/mol. The molecule has 3 aromatic carbocycles. The number of aryl methyl sites for hydroxylation is 6. The van der Waals surface area contributed by atoms with E-state index in [9.17, 15) is 19.5 Å². The Morgan fingerprint density at radius 3 is 2.21 bits per heavy atom. The molecule has 0 aliphatic carbocycles. The summed E-state index contributed by atoms with van der Waals surface area (Å²) in [6.45, 7) is 16.5. The average molecular weight is 815 g/mol. The third-order valence-electron chi connectivity index (χ3n) is 9.78. The standard InChI is InChI=1S/C45H55ClN4O8/c1-28-26-32(27-29(2)39(28)46)57-22-12-18-34-33-16-11-17-37(40(33)49(8)41(34)44(54)58-45(5,6)7)38-30(3)48-50(31(38)4)20-13-21-55-24-25-56-23-19-47-42(51)35-14-9-10-15-36(35)43(52)53/h9-11,14-17,26-27H,12-13,18-25H2,1-8H3,(H,47,51)(H,52,53). The van der Waals surface area contributed by atoms with Crippen molar-refractivity contribution in [1.29, 1.82) is 0 Å². The van der Waals surface area contributed by atoms with Gasteiger partial charge in [-0.2, -0.15) is 5.10 Å². The highest BCUT2D eigenvalue weighted by molar-refractivity contribution is 6.32. The van der Waals surface area contributed by atoms with Crippen molar-refractivity contribution in [3.8, 4) is 16.9 Å². The SMILES string of the molecule is Cc1cc(OCCCc2c(C(=O)OC(C)(C)C)n(C)c3c(-c4c(C)nn(CCCOCCOCCNC(=O)c5ccccc5C(=O)O)c4C)cccc23)cc(C)c1Cl. The molecule has 0 aliphatic rings. The third-order valence-corrected chi connectivity index (χ3v) is 10.4. The maximum atomic E-state index is 13.8. The number of fused-ring (bicyclic) bond motifs is 1. The number of aromatic nitrogens is 3. The highest BCUT2D eigenvalue weighted by Crippen LogP contribution is 2.38. The van der Waals surface area contributed by atoms with E-state index in [-0.39, 0.29) is 30.2 Å². The Morgan fingerprint density at radius 2 is 1.53 bits per heavy atom. The van der Waals surface area contributed by atoms with Gasteiger partial charge in [0.1, 0.15) is 17.0 Å². The Hall–Kier alpha value is -5.17. The van der Waals surface area contributed by atoms with Crippen molar-refractivity contribution in [3.63, 3.8) is 0 Å². The van der Waals surface area contributed by atoms with Gasteiger partial charge < -0.3 is 33.9 Å². The molecule has 58 heavy (non-hydrogen) atoms. The van der Waals surface area contributed by atoms with Gasteiger partial charge in [-0.3, -0.25) is 9.48 Å². The molecule has 0 aliphatic heterocycles. The van der Waals surface area contributed by atoms with Crippen molar-refractivity contribution in [1.82, 2.24) is 19.7 Å². The van der Waals surface area contributed by atoms with E-state index in [0.29, 0.717) is 51.5 Å². The van der Waals surface area contributed by atoms with Gasteiger partial charge in [0.05, 0.1) is 48.8 Å². The third kappa shape index (κ3) is 10.7. The van der Waals surface area contributed by atoms with Crippen LogP contribution in [0.25, 0.3) is 22.0 Å². The minimum absolute atomic E-state index is 0.0446. The molecule has 0 saturated heterocycles. The van der Waals surface area contributed by atoms with E-state index in [2.05, 4.69) is 24.4 Å². The van der Waals surface area contributed by atoms with Gasteiger partial charge in [0.15, 0.2) is 0 Å². The van der Waals surface area contributed by atoms with Crippen molar-refractivity contribution >= 4 is 40.3 Å². The van der Waals surface area contributed by atoms with E-state index in [4.69, 9.17) is 35.6 Å². The molecule has 0 fully saturated rings. The zero-order chi connectivity index (χ0) is 42.1. The molecule has 2 aromatic heterocycles. The summed E-state index contributed by atoms with van der Waals surface area (Å²) >= 11 is 6.37. The van der Waals surface area contributed by atoms with Gasteiger partial charge in [0.2, 0.25) is 0 Å². The Bertz CT molecular complexity index is 2250. The highest BCUT2D eigenvalue weighted by atomic mass is 35.5. The number of amides is 1. The van der Waals surface area contributed by atoms with Crippen LogP contribution in [0.4, 0.5) is 0 Å². The van der Waals surface area contributed by atoms with Crippen LogP contribution in [0.2, 0.25) is 5.02 Å². The summed E-state index contributed by atoms with van der Waals surface area (Å²) in [5.74, 6) is -1.20. The summed E-state index contributed by atoms with van der Waals surface area (Å²) in [6, 6.07) is 16.2. The monoisotopic (exact) mass is 814 g/mol. The zero-order valence-corrected chi connectivity index (χ0v) is 35.5. The molecule has 0 saturated carbocycles. The van der Waals surface area contributed by atoms with Crippen LogP contribution >= 0.6 is 11.6 Å². The Kier molecular flexibility index (Phi) is 14.8. The number of aromatic carboxylic acids is 1. The van der Waals surface area contributed by atoms with E-state index >= 15 is 0 Å². The number of para-hydroxylation sites is 1. The summed E-state index contributed by atoms with van der Waals surface area (Å²) in [7, 11) is 1.93. The van der Waals surface area contributed by atoms with E-state index in [0.717, 1.165) is 67.3 Å². The lowest BCUT2D eigenvalue weighted by atomic mass is 9.98. The minimum atomic E-state index is -1.15. The number of nitrogens with zero attached hydrogens (tertiary/aromatic N) is 3. The fourth-order valence-corrected chi connectivity index (χ4v) is 7.31. The molecule has 0 atom stereocenters. The molecule has 5 rings (SSSR count). The summed E-state index contributed by atoms with van der Waals surface area (Å²) in [5, 5.41) is 18.6. The fraction of sp³-hybridized carbons (Fsp3) is 0.422. The van der Waals surface area contributed by atoms with Crippen molar-refractivity contribution in [3.05, 3.63) is 105 Å². The highest BCUT2D eigenvalue weighted by Gasteiger charge is 2.28. The molecule has 0 radical (unpaired) electrons. The number of hydrogen-bond donors (Lipinski definition) is 2. The number of carbonyl (C=O) groups excluding carboxylic acids is 2. The Labute approximate surface area is 345 Å². The number of carbonyl (C=O) groups is 3. The second-order valence-electron chi connectivity index (χ2n) is 15.4. The number of carboxylic acids is 1. The zero-order valence-electron chi connectivity index (χ0n) is 34.8. The van der Waals surface area contributed by atoms with Crippen LogP contribution < -0.4 is 10.1 Å². The normalized spacial score (nSPS) is 11.6. The Morgan fingerprint density at radius 1 is 0.862 bits per heavy atom. The molecule has 2 heterocycles. The van der Waals surface area contributed by atoms with Crippen molar-refractivity contribution in [2.24, 2.45) is 7.05 Å². The molecule has 12 nitrogen and oxygen atoms in total. The smallest absolute Gasteiger partial charge is 0.355 e. The second-order valence-corrected chi connectivity index (χ2v) is 15.7. The molecule has 0 bridgehead atoms. The van der Waals surface area contributed by atoms with Crippen LogP contribution in [-0.2, 0) is 34.2 Å².